The van der Waals surface area contributed by atoms with Crippen LogP contribution in [0.2, 0.25) is 20.1 Å². The number of nitrogens with one attached hydrogen (secondary N) is 6. The molecule has 0 fully saturated rings. The van der Waals surface area contributed by atoms with Crippen LogP contribution in [0, 0.1) is 0 Å². The van der Waals surface area contributed by atoms with Crippen molar-refractivity contribution in [3.8, 4) is 22.8 Å². The summed E-state index contributed by atoms with van der Waals surface area (Å²) < 4.78 is 33.8. The summed E-state index contributed by atoms with van der Waals surface area (Å²) in [5, 5.41) is 42.6. The smallest absolute Gasteiger partial charge is 0.314 e. The van der Waals surface area contributed by atoms with Gasteiger partial charge in [-0.25, -0.2) is 19.6 Å². The van der Waals surface area contributed by atoms with Crippen molar-refractivity contribution in [1.82, 2.24) is 61.4 Å². The van der Waals surface area contributed by atoms with Crippen molar-refractivity contribution >= 4 is 71.4 Å². The maximum Gasteiger partial charge on any atom is 0.314 e. The first-order valence-corrected chi connectivity index (χ1v) is 30.3. The normalized spacial score (nSPS) is 14.5. The predicted octanol–water partition coefficient (Wildman–Crippen LogP) is 7.69. The molecule has 8 N–H and O–H groups in total. The Balaban J connectivity index is 0.00000198. The van der Waals surface area contributed by atoms with Crippen molar-refractivity contribution in [2.75, 3.05) is 133 Å². The zero-order valence-electron chi connectivity index (χ0n) is 49.4. The van der Waals surface area contributed by atoms with Gasteiger partial charge in [0.1, 0.15) is 11.6 Å². The maximum atomic E-state index is 12.1. The summed E-state index contributed by atoms with van der Waals surface area (Å²) in [6.07, 6.45) is 2.58. The summed E-state index contributed by atoms with van der Waals surface area (Å²) in [5.74, 6) is 2.99. The molecule has 0 saturated heterocycles. The van der Waals surface area contributed by atoms with E-state index in [9.17, 15) is 9.59 Å². The molecule has 24 nitrogen and oxygen atoms in total. The third-order valence-corrected chi connectivity index (χ3v) is 14.9. The van der Waals surface area contributed by atoms with Gasteiger partial charge in [0.25, 0.3) is 12.9 Å². The van der Waals surface area contributed by atoms with E-state index in [1.807, 2.05) is 48.5 Å². The van der Waals surface area contributed by atoms with E-state index in [1.54, 1.807) is 0 Å². The van der Waals surface area contributed by atoms with Gasteiger partial charge in [-0.15, -0.1) is 0 Å². The van der Waals surface area contributed by atoms with E-state index in [2.05, 4.69) is 89.8 Å². The highest BCUT2D eigenvalue weighted by atomic mass is 35.5. The number of H-pyrrole nitrogens is 2. The number of aromatic amines is 2. The number of hydrogen-bond acceptors (Lipinski definition) is 16. The molecule has 4 aromatic carbocycles. The molecule has 28 heteroatoms. The molecule has 2 aliphatic rings. The van der Waals surface area contributed by atoms with Gasteiger partial charge in [-0.3, -0.25) is 19.8 Å². The first kappa shape index (κ1) is 70.6. The lowest BCUT2D eigenvalue weighted by molar-refractivity contribution is -0.123. The van der Waals surface area contributed by atoms with Crippen molar-refractivity contribution in [3.05, 3.63) is 138 Å². The number of amides is 4. The first-order chi connectivity index (χ1) is 42.8. The second-order valence-electron chi connectivity index (χ2n) is 20.3. The summed E-state index contributed by atoms with van der Waals surface area (Å²) in [7, 11) is 4.20. The number of likely N-dealkylation sites (N-methyl/N-ethyl adjacent to an activating group) is 2. The second-order valence-corrected chi connectivity index (χ2v) is 22.0. The van der Waals surface area contributed by atoms with Gasteiger partial charge in [-0.2, -0.15) is 10.2 Å². The number of nitrogens with zero attached hydrogens (tertiary/aromatic N) is 6. The van der Waals surface area contributed by atoms with E-state index < -0.39 is 0 Å². The molecule has 0 aliphatic carbocycles. The number of ether oxygens (including phenoxy) is 6. The first-order valence-electron chi connectivity index (χ1n) is 28.8. The number of carbonyl (C=O) groups is 4. The van der Waals surface area contributed by atoms with Crippen molar-refractivity contribution < 1.29 is 57.8 Å². The average Bonchev–Trinajstić information content (AvgIpc) is 1.25. The van der Waals surface area contributed by atoms with Crippen LogP contribution in [0.1, 0.15) is 69.7 Å². The SMILES string of the molecule is CN1Cc2c(Cl)cc(Cl)cc2[C@H](c2cccc(-c3n[nH]c(CCOCCOCCOCCNC(=O)NCCCCNC(=O)NCCOCCOCCOCCc4nc(-c5cccc([C@@H]6CN(C)Cc7c(Cl)cc(Cl)cc76)c5)n[nH]4)n3)c2)C1.O=CO.O=CO. The summed E-state index contributed by atoms with van der Waals surface area (Å²) >= 11 is 26.0. The van der Waals surface area contributed by atoms with E-state index in [4.69, 9.17) is 105 Å². The van der Waals surface area contributed by atoms with Crippen LogP contribution >= 0.6 is 46.4 Å². The molecule has 0 radical (unpaired) electrons. The average molecular weight is 1300 g/mol. The number of fused-ring (bicyclic) bond motifs is 2. The number of unbranched alkanes of at least 4 members (excludes halogenated alkanes) is 1. The highest BCUT2D eigenvalue weighted by Gasteiger charge is 2.29. The maximum absolute atomic E-state index is 12.1. The molecule has 0 bridgehead atoms. The van der Waals surface area contributed by atoms with Crippen LogP contribution in [-0.4, -0.2) is 208 Å². The summed E-state index contributed by atoms with van der Waals surface area (Å²) in [4.78, 5) is 54.9. The Morgan fingerprint density at radius 2 is 0.886 bits per heavy atom. The molecule has 0 spiro atoms. The number of carbonyl (C=O) groups excluding carboxylic acids is 2. The number of aromatic nitrogens is 6. The highest BCUT2D eigenvalue weighted by molar-refractivity contribution is 6.35. The van der Waals surface area contributed by atoms with Crippen molar-refractivity contribution in [2.24, 2.45) is 0 Å². The second kappa shape index (κ2) is 39.5. The third-order valence-electron chi connectivity index (χ3n) is 13.8. The van der Waals surface area contributed by atoms with Gasteiger partial charge in [0, 0.05) is 108 Å². The highest BCUT2D eigenvalue weighted by Crippen LogP contribution is 2.41. The molecule has 2 aromatic heterocycles. The lowest BCUT2D eigenvalue weighted by Gasteiger charge is -2.33. The molecule has 6 aromatic rings. The van der Waals surface area contributed by atoms with Gasteiger partial charge in [-0.1, -0.05) is 82.8 Å². The molecule has 8 rings (SSSR count). The van der Waals surface area contributed by atoms with E-state index in [-0.39, 0.29) is 36.8 Å². The van der Waals surface area contributed by atoms with Gasteiger partial charge in [0.15, 0.2) is 11.6 Å². The van der Waals surface area contributed by atoms with Crippen LogP contribution in [0.5, 0.6) is 0 Å². The Hall–Kier alpha value is -6.52. The van der Waals surface area contributed by atoms with Crippen LogP contribution in [0.15, 0.2) is 72.8 Å². The lowest BCUT2D eigenvalue weighted by Crippen LogP contribution is -2.39. The standard InChI is InChI=1S/C58H74Cl4N12O8.2CH2O2/c1-73-35-47(45-31-43(59)33-51(61)49(45)37-73)39-7-5-9-41(29-39)55-67-53(69-71-55)11-17-77-21-25-81-27-23-79-19-15-65-57(75)63-13-3-4-14-64-58(76)66-16-20-80-24-28-82-26-22-78-18-12-54-68-56(72-70-54)42-10-6-8-40(30-42)48-36-74(2)38-50-46(48)32-44(60)34-52(50)62;2*2-1-3/h5-10,29-34,47-48H,3-4,11-28,35-38H2,1-2H3,(H2,63,65,75)(H2,64,66,76)(H,67,69,71)(H,68,70,72);2*1H,(H,2,3)/t47-,48-;;/m0../s1. The Kier molecular flexibility index (Phi) is 31.7. The molecular weight excluding hydrogens is 1220 g/mol. The molecule has 2 aliphatic heterocycles. The van der Waals surface area contributed by atoms with Crippen molar-refractivity contribution in [1.29, 1.82) is 0 Å². The molecule has 0 saturated carbocycles. The number of halogens is 4. The van der Waals surface area contributed by atoms with Gasteiger partial charge in [-0.05, 0) is 96.7 Å². The minimum atomic E-state index is -0.273. The summed E-state index contributed by atoms with van der Waals surface area (Å²) in [6.45, 7) is 9.46. The Labute approximate surface area is 531 Å². The minimum absolute atomic E-state index is 0.123. The Morgan fingerprint density at radius 3 is 1.27 bits per heavy atom. The fourth-order valence-electron chi connectivity index (χ4n) is 9.80. The van der Waals surface area contributed by atoms with Crippen LogP contribution in [0.3, 0.4) is 0 Å². The largest absolute Gasteiger partial charge is 0.483 e. The molecule has 88 heavy (non-hydrogen) atoms. The fraction of sp³-hybridized carbons (Fsp3) is 0.467. The quantitative estimate of drug-likeness (QED) is 0.0145. The molecule has 4 amide bonds. The molecule has 4 heterocycles. The molecule has 478 valence electrons. The van der Waals surface area contributed by atoms with E-state index in [0.717, 1.165) is 82.3 Å². The number of benzene rings is 4. The van der Waals surface area contributed by atoms with E-state index >= 15 is 0 Å². The van der Waals surface area contributed by atoms with E-state index in [0.29, 0.717) is 163 Å². The topological polar surface area (TPSA) is 302 Å². The monoisotopic (exact) mass is 1300 g/mol. The van der Waals surface area contributed by atoms with Crippen LogP contribution in [0.25, 0.3) is 22.8 Å². The van der Waals surface area contributed by atoms with Crippen molar-refractivity contribution in [2.45, 2.75) is 50.6 Å². The Bertz CT molecular complexity index is 2890. The predicted molar refractivity (Wildman–Crippen MR) is 335 cm³/mol. The van der Waals surface area contributed by atoms with Gasteiger partial charge >= 0.3 is 12.1 Å². The van der Waals surface area contributed by atoms with Crippen molar-refractivity contribution in [3.63, 3.8) is 0 Å². The Morgan fingerprint density at radius 1 is 0.534 bits per heavy atom. The van der Waals surface area contributed by atoms with Crippen LogP contribution in [0.4, 0.5) is 9.59 Å². The minimum Gasteiger partial charge on any atom is -0.483 e. The zero-order valence-corrected chi connectivity index (χ0v) is 52.4. The summed E-state index contributed by atoms with van der Waals surface area (Å²) in [6, 6.07) is 23.8. The number of urea groups is 2. The fourth-order valence-corrected chi connectivity index (χ4v) is 10.9. The van der Waals surface area contributed by atoms with Gasteiger partial charge in [0.2, 0.25) is 0 Å². The zero-order chi connectivity index (χ0) is 62.9. The molecule has 0 unspecified atom stereocenters. The number of carboxylic acid groups (broad SMARTS) is 2. The van der Waals surface area contributed by atoms with Gasteiger partial charge in [0.05, 0.1) is 79.3 Å². The lowest BCUT2D eigenvalue weighted by atomic mass is 9.84. The number of hydrogen-bond donors (Lipinski definition) is 8. The van der Waals surface area contributed by atoms with E-state index in [1.165, 1.54) is 0 Å². The third kappa shape index (κ3) is 24.1. The molecule has 2 atom stereocenters. The van der Waals surface area contributed by atoms with Crippen LogP contribution < -0.4 is 21.3 Å². The molecular formula is C60H78Cl4N12O12. The number of rotatable bonds is 33. The van der Waals surface area contributed by atoms with Crippen LogP contribution in [-0.2, 0) is 63.9 Å². The summed E-state index contributed by atoms with van der Waals surface area (Å²) in [5.41, 5.74) is 8.71. The van der Waals surface area contributed by atoms with Gasteiger partial charge < -0.3 is 69.7 Å².